The summed E-state index contributed by atoms with van der Waals surface area (Å²) in [5, 5.41) is 5.75. The molecule has 11 heteroatoms. The van der Waals surface area contributed by atoms with E-state index < -0.39 is 30.4 Å². The molecule has 0 aromatic heterocycles. The summed E-state index contributed by atoms with van der Waals surface area (Å²) >= 11 is 6.00. The molecule has 2 unspecified atom stereocenters. The predicted molar refractivity (Wildman–Crippen MR) is 144 cm³/mol. The fourth-order valence-electron chi connectivity index (χ4n) is 3.57. The molecule has 4 N–H and O–H groups in total. The molecular weight excluding hydrogens is 512 g/mol. The van der Waals surface area contributed by atoms with Crippen molar-refractivity contribution in [2.75, 3.05) is 33.4 Å². The minimum atomic E-state index is -1.11. The van der Waals surface area contributed by atoms with Gasteiger partial charge in [-0.2, -0.15) is 0 Å². The van der Waals surface area contributed by atoms with Crippen LogP contribution in [0.4, 0.5) is 4.79 Å². The van der Waals surface area contributed by atoms with Gasteiger partial charge >= 0.3 is 6.09 Å². The van der Waals surface area contributed by atoms with Gasteiger partial charge in [0, 0.05) is 38.2 Å². The molecule has 2 aromatic carbocycles. The van der Waals surface area contributed by atoms with E-state index in [4.69, 9.17) is 31.5 Å². The number of hydrogen-bond donors (Lipinski definition) is 3. The first-order valence-electron chi connectivity index (χ1n) is 12.5. The second-order valence-corrected chi connectivity index (χ2v) is 8.88. The van der Waals surface area contributed by atoms with E-state index in [1.807, 2.05) is 44.2 Å². The zero-order chi connectivity index (χ0) is 27.9. The molecule has 208 valence electrons. The van der Waals surface area contributed by atoms with E-state index in [-0.39, 0.29) is 32.0 Å². The topological polar surface area (TPSA) is 132 Å². The summed E-state index contributed by atoms with van der Waals surface area (Å²) in [4.78, 5) is 40.2. The lowest BCUT2D eigenvalue weighted by atomic mass is 10.0. The summed E-state index contributed by atoms with van der Waals surface area (Å²) in [6.07, 6.45) is -1.22. The van der Waals surface area contributed by atoms with Crippen molar-refractivity contribution in [3.05, 3.63) is 70.7 Å². The van der Waals surface area contributed by atoms with Crippen molar-refractivity contribution < 1.29 is 28.6 Å². The van der Waals surface area contributed by atoms with Crippen LogP contribution in [0.5, 0.6) is 0 Å². The van der Waals surface area contributed by atoms with Crippen LogP contribution in [-0.4, -0.2) is 74.5 Å². The highest BCUT2D eigenvalue weighted by atomic mass is 35.5. The average molecular weight is 549 g/mol. The molecule has 38 heavy (non-hydrogen) atoms. The minimum absolute atomic E-state index is 0.0366. The molecule has 0 spiro atoms. The van der Waals surface area contributed by atoms with Gasteiger partial charge in [-0.15, -0.1) is 0 Å². The van der Waals surface area contributed by atoms with Crippen LogP contribution in [0.25, 0.3) is 0 Å². The molecule has 2 aromatic rings. The maximum absolute atomic E-state index is 13.4. The van der Waals surface area contributed by atoms with Crippen LogP contribution in [0.15, 0.2) is 54.6 Å². The largest absolute Gasteiger partial charge is 0.445 e. The molecule has 2 atom stereocenters. The second-order valence-electron chi connectivity index (χ2n) is 8.45. The van der Waals surface area contributed by atoms with Crippen molar-refractivity contribution in [1.82, 2.24) is 15.5 Å². The second kappa shape index (κ2) is 16.6. The lowest BCUT2D eigenvalue weighted by molar-refractivity contribution is -0.158. The first-order valence-corrected chi connectivity index (χ1v) is 12.8. The molecule has 0 bridgehead atoms. The molecule has 3 amide bonds. The number of carbonyl (C=O) groups is 3. The number of benzene rings is 2. The number of nitrogens with zero attached hydrogens (tertiary/aromatic N) is 1. The molecule has 0 aliphatic carbocycles. The Morgan fingerprint density at radius 2 is 1.55 bits per heavy atom. The van der Waals surface area contributed by atoms with Crippen LogP contribution >= 0.6 is 11.6 Å². The number of likely N-dealkylation sites (N-methyl/N-ethyl adjacent to an activating group) is 1. The van der Waals surface area contributed by atoms with Crippen molar-refractivity contribution in [1.29, 1.82) is 0 Å². The van der Waals surface area contributed by atoms with E-state index >= 15 is 0 Å². The Bertz CT molecular complexity index is 1000. The summed E-state index contributed by atoms with van der Waals surface area (Å²) in [6, 6.07) is 14.0. The summed E-state index contributed by atoms with van der Waals surface area (Å²) in [5.74, 6) is -0.976. The van der Waals surface area contributed by atoms with Gasteiger partial charge in [-0.1, -0.05) is 54.1 Å². The predicted octanol–water partition coefficient (Wildman–Crippen LogP) is 2.48. The minimum Gasteiger partial charge on any atom is -0.445 e. The van der Waals surface area contributed by atoms with E-state index in [1.165, 1.54) is 4.90 Å². The summed E-state index contributed by atoms with van der Waals surface area (Å²) in [5.41, 5.74) is 7.35. The van der Waals surface area contributed by atoms with Crippen molar-refractivity contribution in [3.8, 4) is 0 Å². The number of halogens is 1. The first kappa shape index (κ1) is 31.0. The highest BCUT2D eigenvalue weighted by molar-refractivity contribution is 6.30. The van der Waals surface area contributed by atoms with Gasteiger partial charge in [0.2, 0.25) is 11.8 Å². The van der Waals surface area contributed by atoms with Gasteiger partial charge in [0.15, 0.2) is 6.29 Å². The molecule has 10 nitrogen and oxygen atoms in total. The smallest absolute Gasteiger partial charge is 0.408 e. The van der Waals surface area contributed by atoms with Crippen LogP contribution in [-0.2, 0) is 36.8 Å². The summed E-state index contributed by atoms with van der Waals surface area (Å²) in [7, 11) is 1.61. The fraction of sp³-hybridized carbons (Fsp3) is 0.444. The Hall–Kier alpha value is -3.18. The van der Waals surface area contributed by atoms with Crippen molar-refractivity contribution in [2.24, 2.45) is 5.73 Å². The third-order valence-corrected chi connectivity index (χ3v) is 5.78. The number of alkyl carbamates (subject to hydrolysis) is 1. The van der Waals surface area contributed by atoms with Gasteiger partial charge in [0.1, 0.15) is 18.7 Å². The number of ether oxygens (including phenoxy) is 3. The van der Waals surface area contributed by atoms with E-state index in [0.29, 0.717) is 18.2 Å². The average Bonchev–Trinajstić information content (AvgIpc) is 2.91. The van der Waals surface area contributed by atoms with Crippen LogP contribution in [0.3, 0.4) is 0 Å². The third kappa shape index (κ3) is 10.7. The van der Waals surface area contributed by atoms with Gasteiger partial charge < -0.3 is 35.5 Å². The molecule has 0 radical (unpaired) electrons. The summed E-state index contributed by atoms with van der Waals surface area (Å²) < 4.78 is 16.3. The maximum Gasteiger partial charge on any atom is 0.408 e. The molecule has 0 saturated heterocycles. The third-order valence-electron chi connectivity index (χ3n) is 5.53. The Morgan fingerprint density at radius 3 is 2.13 bits per heavy atom. The van der Waals surface area contributed by atoms with Crippen molar-refractivity contribution >= 4 is 29.5 Å². The van der Waals surface area contributed by atoms with E-state index in [1.54, 1.807) is 31.3 Å². The zero-order valence-electron chi connectivity index (χ0n) is 22.0. The van der Waals surface area contributed by atoms with E-state index in [0.717, 1.165) is 11.1 Å². The van der Waals surface area contributed by atoms with Crippen LogP contribution in [0.2, 0.25) is 5.02 Å². The van der Waals surface area contributed by atoms with Gasteiger partial charge in [-0.3, -0.25) is 9.59 Å². The number of rotatable bonds is 15. The van der Waals surface area contributed by atoms with Gasteiger partial charge in [0.05, 0.1) is 6.54 Å². The van der Waals surface area contributed by atoms with E-state index in [9.17, 15) is 14.4 Å². The zero-order valence-corrected chi connectivity index (χ0v) is 22.8. The van der Waals surface area contributed by atoms with Crippen molar-refractivity contribution in [3.63, 3.8) is 0 Å². The monoisotopic (exact) mass is 548 g/mol. The van der Waals surface area contributed by atoms with Gasteiger partial charge in [0.25, 0.3) is 0 Å². The Morgan fingerprint density at radius 1 is 0.921 bits per heavy atom. The van der Waals surface area contributed by atoms with Crippen LogP contribution in [0.1, 0.15) is 25.0 Å². The highest BCUT2D eigenvalue weighted by Crippen LogP contribution is 2.13. The number of nitrogens with two attached hydrogens (primary N) is 1. The lowest BCUT2D eigenvalue weighted by Gasteiger charge is -2.29. The molecule has 0 heterocycles. The van der Waals surface area contributed by atoms with Crippen LogP contribution < -0.4 is 16.4 Å². The quantitative estimate of drug-likeness (QED) is 0.291. The normalized spacial score (nSPS) is 12.5. The summed E-state index contributed by atoms with van der Waals surface area (Å²) in [6.45, 7) is 4.52. The van der Waals surface area contributed by atoms with Gasteiger partial charge in [-0.05, 0) is 37.1 Å². The Kier molecular flexibility index (Phi) is 13.6. The number of amides is 3. The molecule has 0 saturated carbocycles. The molecule has 2 rings (SSSR count). The molecule has 0 fully saturated rings. The Balaban J connectivity index is 2.09. The van der Waals surface area contributed by atoms with Crippen LogP contribution in [0, 0.1) is 0 Å². The lowest BCUT2D eigenvalue weighted by Crippen LogP contribution is -2.57. The number of nitrogens with one attached hydrogen (secondary N) is 2. The van der Waals surface area contributed by atoms with E-state index in [2.05, 4.69) is 10.6 Å². The van der Waals surface area contributed by atoms with Crippen molar-refractivity contribution in [2.45, 2.75) is 45.2 Å². The highest BCUT2D eigenvalue weighted by Gasteiger charge is 2.29. The molecular formula is C27H37ClN4O6. The standard InChI is InChI=1S/C27H37ClN4O6/c1-4-36-24(37-5-2)17-32(3)26(34)22(15-19-11-13-21(28)14-12-19)30-25(33)23(16-29)31-27(35)38-18-20-9-7-6-8-10-20/h6-14,22-24H,4-5,15-18,29H2,1-3H3,(H,30,33)(H,31,35). The Labute approximate surface area is 228 Å². The first-order chi connectivity index (χ1) is 18.3. The number of carbonyl (C=O) groups excluding carboxylic acids is 3. The SMILES string of the molecule is CCOC(CN(C)C(=O)C(Cc1ccc(Cl)cc1)NC(=O)C(CN)NC(=O)OCc1ccccc1)OCC. The maximum atomic E-state index is 13.4. The molecule has 0 aliphatic rings. The fourth-order valence-corrected chi connectivity index (χ4v) is 3.70. The molecule has 0 aliphatic heterocycles. The number of hydrogen-bond acceptors (Lipinski definition) is 7. The van der Waals surface area contributed by atoms with Gasteiger partial charge in [-0.25, -0.2) is 4.79 Å².